The van der Waals surface area contributed by atoms with E-state index in [4.69, 9.17) is 9.47 Å². The smallest absolute Gasteiger partial charge is 0.309 e. The fourth-order valence-electron chi connectivity index (χ4n) is 4.25. The van der Waals surface area contributed by atoms with E-state index in [1.165, 1.54) is 0 Å². The van der Waals surface area contributed by atoms with Crippen molar-refractivity contribution in [3.63, 3.8) is 0 Å². The van der Waals surface area contributed by atoms with Crippen LogP contribution in [0.3, 0.4) is 0 Å². The molecule has 2 N–H and O–H groups in total. The van der Waals surface area contributed by atoms with Crippen LogP contribution in [0.1, 0.15) is 36.8 Å². The van der Waals surface area contributed by atoms with Gasteiger partial charge in [0.25, 0.3) is 0 Å². The molecule has 2 fully saturated rings. The van der Waals surface area contributed by atoms with Crippen LogP contribution < -0.4 is 10.6 Å². The summed E-state index contributed by atoms with van der Waals surface area (Å²) in [4.78, 5) is 24.9. The zero-order chi connectivity index (χ0) is 21.2. The molecule has 0 spiro atoms. The summed E-state index contributed by atoms with van der Waals surface area (Å²) in [5.41, 5.74) is 0.516. The molecule has 0 saturated carbocycles. The first-order valence-electron chi connectivity index (χ1n) is 10.2. The van der Waals surface area contributed by atoms with E-state index in [9.17, 15) is 9.59 Å². The van der Waals surface area contributed by atoms with Crippen LogP contribution >= 0.6 is 0 Å². The topological polar surface area (TPSA) is 112 Å². The average Bonchev–Trinajstić information content (AvgIpc) is 3.51. The molecule has 0 aliphatic carbocycles. The summed E-state index contributed by atoms with van der Waals surface area (Å²) in [5.74, 6) is -1.37. The highest BCUT2D eigenvalue weighted by Crippen LogP contribution is 2.36. The van der Waals surface area contributed by atoms with Crippen molar-refractivity contribution in [3.8, 4) is 0 Å². The molecule has 162 valence electrons. The highest BCUT2D eigenvalue weighted by molar-refractivity contribution is 6.35. The second-order valence-electron chi connectivity index (χ2n) is 8.06. The Labute approximate surface area is 174 Å². The Hall–Kier alpha value is -2.72. The van der Waals surface area contributed by atoms with E-state index in [0.717, 1.165) is 36.8 Å². The quantitative estimate of drug-likeness (QED) is 0.646. The lowest BCUT2D eigenvalue weighted by Crippen LogP contribution is -2.49. The van der Waals surface area contributed by atoms with Crippen LogP contribution in [-0.4, -0.2) is 57.7 Å². The number of hydrogen-bond acceptors (Lipinski definition) is 6. The summed E-state index contributed by atoms with van der Waals surface area (Å²) in [7, 11) is 3.67. The molecule has 10 nitrogen and oxygen atoms in total. The molecule has 2 saturated heterocycles. The lowest BCUT2D eigenvalue weighted by Gasteiger charge is -2.28. The van der Waals surface area contributed by atoms with Crippen molar-refractivity contribution in [2.45, 2.75) is 36.9 Å². The van der Waals surface area contributed by atoms with Crippen LogP contribution in [0.2, 0.25) is 0 Å². The van der Waals surface area contributed by atoms with Crippen LogP contribution in [0.5, 0.6) is 0 Å². The van der Waals surface area contributed by atoms with Gasteiger partial charge in [0.1, 0.15) is 11.2 Å². The Morgan fingerprint density at radius 2 is 1.33 bits per heavy atom. The Bertz CT molecular complexity index is 834. The fourth-order valence-corrected chi connectivity index (χ4v) is 4.25. The van der Waals surface area contributed by atoms with E-state index >= 15 is 0 Å². The van der Waals surface area contributed by atoms with Crippen LogP contribution in [0.25, 0.3) is 0 Å². The van der Waals surface area contributed by atoms with E-state index in [1.54, 1.807) is 21.8 Å². The minimum Gasteiger partial charge on any atom is -0.368 e. The molecule has 2 amide bonds. The number of carbonyl (C=O) groups excluding carboxylic acids is 2. The molecular weight excluding hydrogens is 388 g/mol. The number of hydrogen-bond donors (Lipinski definition) is 2. The van der Waals surface area contributed by atoms with Crippen molar-refractivity contribution in [1.82, 2.24) is 30.2 Å². The minimum atomic E-state index is -0.687. The number of rotatable bonds is 6. The number of amides is 2. The maximum Gasteiger partial charge on any atom is 0.309 e. The van der Waals surface area contributed by atoms with Gasteiger partial charge in [-0.15, -0.1) is 0 Å². The van der Waals surface area contributed by atoms with Crippen molar-refractivity contribution in [3.05, 3.63) is 35.9 Å². The van der Waals surface area contributed by atoms with Gasteiger partial charge in [-0.1, -0.05) is 0 Å². The predicted molar refractivity (Wildman–Crippen MR) is 106 cm³/mol. The predicted octanol–water partition coefficient (Wildman–Crippen LogP) is 0.0976. The zero-order valence-corrected chi connectivity index (χ0v) is 17.4. The van der Waals surface area contributed by atoms with Crippen LogP contribution in [-0.2, 0) is 44.4 Å². The third kappa shape index (κ3) is 3.97. The number of ether oxygens (including phenoxy) is 2. The van der Waals surface area contributed by atoms with Crippen LogP contribution in [0.15, 0.2) is 24.8 Å². The van der Waals surface area contributed by atoms with Gasteiger partial charge in [-0.3, -0.25) is 19.0 Å². The van der Waals surface area contributed by atoms with E-state index in [2.05, 4.69) is 20.8 Å². The molecule has 30 heavy (non-hydrogen) atoms. The molecule has 2 aliphatic rings. The summed E-state index contributed by atoms with van der Waals surface area (Å²) in [6, 6.07) is 0. The van der Waals surface area contributed by atoms with Gasteiger partial charge >= 0.3 is 11.8 Å². The molecule has 2 unspecified atom stereocenters. The number of aryl methyl sites for hydroxylation is 2. The van der Waals surface area contributed by atoms with Gasteiger partial charge in [0.15, 0.2) is 0 Å². The highest BCUT2D eigenvalue weighted by Gasteiger charge is 2.40. The monoisotopic (exact) mass is 416 g/mol. The molecule has 2 aromatic heterocycles. The molecule has 2 atom stereocenters. The molecule has 0 aromatic carbocycles. The lowest BCUT2D eigenvalue weighted by atomic mass is 9.93. The maximum absolute atomic E-state index is 12.5. The van der Waals surface area contributed by atoms with Gasteiger partial charge < -0.3 is 20.1 Å². The number of nitrogens with zero attached hydrogens (tertiary/aromatic N) is 4. The van der Waals surface area contributed by atoms with Gasteiger partial charge in [0, 0.05) is 50.8 Å². The number of nitrogens with one attached hydrogen (secondary N) is 2. The van der Waals surface area contributed by atoms with E-state index in [-0.39, 0.29) is 13.1 Å². The van der Waals surface area contributed by atoms with Crippen molar-refractivity contribution >= 4 is 11.8 Å². The third-order valence-electron chi connectivity index (χ3n) is 5.94. The summed E-state index contributed by atoms with van der Waals surface area (Å²) in [6.45, 7) is 1.66. The van der Waals surface area contributed by atoms with Crippen molar-refractivity contribution in [2.24, 2.45) is 14.1 Å². The molecule has 0 bridgehead atoms. The molecule has 2 aromatic rings. The molecule has 4 heterocycles. The maximum atomic E-state index is 12.5. The summed E-state index contributed by atoms with van der Waals surface area (Å²) >= 11 is 0. The largest absolute Gasteiger partial charge is 0.368 e. The van der Waals surface area contributed by atoms with Crippen LogP contribution in [0.4, 0.5) is 0 Å². The Morgan fingerprint density at radius 3 is 1.63 bits per heavy atom. The van der Waals surface area contributed by atoms with Crippen LogP contribution in [0, 0.1) is 0 Å². The standard InChI is InChI=1S/C20H28N6O4/c1-25-11-15(9-23-25)19(5-3-7-29-19)13-21-17(27)18(28)22-14-20(6-4-8-30-20)16-10-24-26(2)12-16/h9-12H,3-8,13-14H2,1-2H3,(H,21,27)(H,22,28). The summed E-state index contributed by atoms with van der Waals surface area (Å²) < 4.78 is 15.3. The van der Waals surface area contributed by atoms with Crippen molar-refractivity contribution < 1.29 is 19.1 Å². The Morgan fingerprint density at radius 1 is 0.900 bits per heavy atom. The molecular formula is C20H28N6O4. The third-order valence-corrected chi connectivity index (χ3v) is 5.94. The second kappa shape index (κ2) is 8.19. The first kappa shape index (κ1) is 20.5. The van der Waals surface area contributed by atoms with E-state index in [0.29, 0.717) is 13.2 Å². The Kier molecular flexibility index (Phi) is 5.61. The summed E-state index contributed by atoms with van der Waals surface area (Å²) in [6.07, 6.45) is 10.6. The van der Waals surface area contributed by atoms with Gasteiger partial charge in [-0.25, -0.2) is 0 Å². The first-order valence-corrected chi connectivity index (χ1v) is 10.2. The molecule has 0 radical (unpaired) electrons. The lowest BCUT2D eigenvalue weighted by molar-refractivity contribution is -0.140. The SMILES string of the molecule is Cn1cc(C2(CNC(=O)C(=O)NCC3(c4cnn(C)c4)CCCO3)CCCO2)cn1. The van der Waals surface area contributed by atoms with Gasteiger partial charge in [0.2, 0.25) is 0 Å². The first-order chi connectivity index (χ1) is 14.4. The molecule has 4 rings (SSSR count). The highest BCUT2D eigenvalue weighted by atomic mass is 16.5. The molecule has 2 aliphatic heterocycles. The fraction of sp³-hybridized carbons (Fsp3) is 0.600. The van der Waals surface area contributed by atoms with Gasteiger partial charge in [0.05, 0.1) is 25.5 Å². The van der Waals surface area contributed by atoms with E-state index < -0.39 is 23.0 Å². The number of carbonyl (C=O) groups is 2. The minimum absolute atomic E-state index is 0.217. The number of aromatic nitrogens is 4. The normalized spacial score (nSPS) is 26.1. The summed E-state index contributed by atoms with van der Waals surface area (Å²) in [5, 5.41) is 13.9. The molecule has 10 heteroatoms. The second-order valence-corrected chi connectivity index (χ2v) is 8.06. The zero-order valence-electron chi connectivity index (χ0n) is 17.4. The van der Waals surface area contributed by atoms with Gasteiger partial charge in [-0.05, 0) is 25.7 Å². The van der Waals surface area contributed by atoms with Crippen molar-refractivity contribution in [1.29, 1.82) is 0 Å². The average molecular weight is 416 g/mol. The van der Waals surface area contributed by atoms with Gasteiger partial charge in [-0.2, -0.15) is 10.2 Å². The van der Waals surface area contributed by atoms with E-state index in [1.807, 2.05) is 26.5 Å². The Balaban J connectivity index is 1.36. The van der Waals surface area contributed by atoms with Crippen molar-refractivity contribution in [2.75, 3.05) is 26.3 Å².